The maximum atomic E-state index is 12.5. The third-order valence-electron chi connectivity index (χ3n) is 4.35. The number of carbonyl (C=O) groups is 1. The molecule has 0 amide bonds. The maximum absolute atomic E-state index is 12.5. The first-order valence-electron chi connectivity index (χ1n) is 9.00. The number of rotatable bonds is 6. The summed E-state index contributed by atoms with van der Waals surface area (Å²) in [6, 6.07) is 9.28. The number of fused-ring (bicyclic) bond motifs is 1. The summed E-state index contributed by atoms with van der Waals surface area (Å²) in [6.07, 6.45) is 4.89. The SMILES string of the molecule is CCOC(=O)c1nnn(Cc2ccc(OC)nc2)c1-c1cccc2ncncc12. The van der Waals surface area contributed by atoms with Crippen molar-refractivity contribution in [2.24, 2.45) is 0 Å². The molecule has 9 nitrogen and oxygen atoms in total. The van der Waals surface area contributed by atoms with Gasteiger partial charge in [0.2, 0.25) is 5.88 Å². The van der Waals surface area contributed by atoms with Crippen LogP contribution in [0.15, 0.2) is 49.1 Å². The van der Waals surface area contributed by atoms with Gasteiger partial charge in [-0.05, 0) is 18.6 Å². The molecule has 0 aliphatic carbocycles. The molecule has 0 fully saturated rings. The van der Waals surface area contributed by atoms with Gasteiger partial charge in [0.05, 0.1) is 25.8 Å². The van der Waals surface area contributed by atoms with Gasteiger partial charge < -0.3 is 9.47 Å². The van der Waals surface area contributed by atoms with Crippen LogP contribution in [-0.4, -0.2) is 49.6 Å². The number of pyridine rings is 1. The van der Waals surface area contributed by atoms with Crippen molar-refractivity contribution in [3.63, 3.8) is 0 Å². The summed E-state index contributed by atoms with van der Waals surface area (Å²) in [6.45, 7) is 2.35. The number of hydrogen-bond acceptors (Lipinski definition) is 8. The molecule has 3 aromatic heterocycles. The van der Waals surface area contributed by atoms with E-state index in [-0.39, 0.29) is 12.3 Å². The molecule has 0 saturated heterocycles. The predicted octanol–water partition coefficient (Wildman–Crippen LogP) is 2.52. The third kappa shape index (κ3) is 3.62. The van der Waals surface area contributed by atoms with E-state index < -0.39 is 5.97 Å². The van der Waals surface area contributed by atoms with Crippen LogP contribution in [0.4, 0.5) is 0 Å². The molecule has 0 N–H and O–H groups in total. The Morgan fingerprint density at radius 2 is 2.03 bits per heavy atom. The van der Waals surface area contributed by atoms with Crippen LogP contribution in [0.2, 0.25) is 0 Å². The lowest BCUT2D eigenvalue weighted by Crippen LogP contribution is -2.09. The van der Waals surface area contributed by atoms with Crippen molar-refractivity contribution in [1.29, 1.82) is 0 Å². The molecule has 146 valence electrons. The van der Waals surface area contributed by atoms with Gasteiger partial charge in [0, 0.05) is 29.4 Å². The topological polar surface area (TPSA) is 105 Å². The highest BCUT2D eigenvalue weighted by atomic mass is 16.5. The third-order valence-corrected chi connectivity index (χ3v) is 4.35. The smallest absolute Gasteiger partial charge is 0.361 e. The van der Waals surface area contributed by atoms with Crippen molar-refractivity contribution < 1.29 is 14.3 Å². The van der Waals surface area contributed by atoms with Crippen molar-refractivity contribution in [2.75, 3.05) is 13.7 Å². The average Bonchev–Trinajstić information content (AvgIpc) is 3.17. The number of ether oxygens (including phenoxy) is 2. The van der Waals surface area contributed by atoms with Gasteiger partial charge in [-0.3, -0.25) is 0 Å². The number of nitrogens with zero attached hydrogens (tertiary/aromatic N) is 6. The lowest BCUT2D eigenvalue weighted by atomic mass is 10.0. The van der Waals surface area contributed by atoms with Crippen molar-refractivity contribution >= 4 is 16.9 Å². The summed E-state index contributed by atoms with van der Waals surface area (Å²) in [7, 11) is 1.56. The fourth-order valence-corrected chi connectivity index (χ4v) is 3.04. The van der Waals surface area contributed by atoms with Crippen molar-refractivity contribution in [2.45, 2.75) is 13.5 Å². The zero-order valence-corrected chi connectivity index (χ0v) is 15.9. The molecule has 0 unspecified atom stereocenters. The summed E-state index contributed by atoms with van der Waals surface area (Å²) < 4.78 is 11.9. The van der Waals surface area contributed by atoms with Gasteiger partial charge >= 0.3 is 5.97 Å². The summed E-state index contributed by atoms with van der Waals surface area (Å²) in [5.74, 6) is -0.0126. The Labute approximate surface area is 166 Å². The largest absolute Gasteiger partial charge is 0.481 e. The minimum absolute atomic E-state index is 0.143. The Morgan fingerprint density at radius 1 is 1.14 bits per heavy atom. The van der Waals surface area contributed by atoms with Crippen LogP contribution in [0, 0.1) is 0 Å². The highest BCUT2D eigenvalue weighted by Crippen LogP contribution is 2.30. The number of hydrogen-bond donors (Lipinski definition) is 0. The lowest BCUT2D eigenvalue weighted by Gasteiger charge is -2.10. The van der Waals surface area contributed by atoms with Crippen LogP contribution < -0.4 is 4.74 Å². The molecule has 0 bridgehead atoms. The maximum Gasteiger partial charge on any atom is 0.361 e. The quantitative estimate of drug-likeness (QED) is 0.463. The van der Waals surface area contributed by atoms with Gasteiger partial charge in [0.25, 0.3) is 0 Å². The van der Waals surface area contributed by atoms with Crippen molar-refractivity contribution in [3.8, 4) is 17.1 Å². The van der Waals surface area contributed by atoms with Crippen LogP contribution in [0.5, 0.6) is 5.88 Å². The second-order valence-electron chi connectivity index (χ2n) is 6.13. The first kappa shape index (κ1) is 18.5. The first-order chi connectivity index (χ1) is 14.2. The number of benzene rings is 1. The molecule has 0 atom stereocenters. The van der Waals surface area contributed by atoms with Crippen LogP contribution in [-0.2, 0) is 11.3 Å². The molecule has 29 heavy (non-hydrogen) atoms. The van der Waals surface area contributed by atoms with Gasteiger partial charge in [-0.15, -0.1) is 5.10 Å². The fourth-order valence-electron chi connectivity index (χ4n) is 3.04. The minimum atomic E-state index is -0.532. The van der Waals surface area contributed by atoms with E-state index in [0.29, 0.717) is 18.1 Å². The standard InChI is InChI=1S/C20H18N6O3/c1-3-29-20(27)18-19(14-5-4-6-16-15(14)10-21-12-23-16)26(25-24-18)11-13-7-8-17(28-2)22-9-13/h4-10,12H,3,11H2,1-2H3. The monoisotopic (exact) mass is 390 g/mol. The summed E-state index contributed by atoms with van der Waals surface area (Å²) in [5.41, 5.74) is 3.07. The summed E-state index contributed by atoms with van der Waals surface area (Å²) >= 11 is 0. The number of methoxy groups -OCH3 is 1. The van der Waals surface area contributed by atoms with E-state index in [9.17, 15) is 4.79 Å². The average molecular weight is 390 g/mol. The van der Waals surface area contributed by atoms with E-state index in [0.717, 1.165) is 22.0 Å². The van der Waals surface area contributed by atoms with E-state index in [1.54, 1.807) is 37.2 Å². The summed E-state index contributed by atoms with van der Waals surface area (Å²) in [5, 5.41) is 9.10. The fraction of sp³-hybridized carbons (Fsp3) is 0.200. The number of aromatic nitrogens is 6. The predicted molar refractivity (Wildman–Crippen MR) is 104 cm³/mol. The highest BCUT2D eigenvalue weighted by Gasteiger charge is 2.24. The van der Waals surface area contributed by atoms with Gasteiger partial charge in [0.15, 0.2) is 5.69 Å². The Kier molecular flexibility index (Phi) is 5.10. The summed E-state index contributed by atoms with van der Waals surface area (Å²) in [4.78, 5) is 25.2. The molecule has 4 rings (SSSR count). The Morgan fingerprint density at radius 3 is 2.79 bits per heavy atom. The Balaban J connectivity index is 1.85. The lowest BCUT2D eigenvalue weighted by molar-refractivity contribution is 0.0520. The molecule has 3 heterocycles. The van der Waals surface area contributed by atoms with Gasteiger partial charge in [0.1, 0.15) is 12.0 Å². The molecule has 0 radical (unpaired) electrons. The molecule has 1 aromatic carbocycles. The van der Waals surface area contributed by atoms with E-state index in [1.165, 1.54) is 6.33 Å². The molecule has 0 aliphatic heterocycles. The highest BCUT2D eigenvalue weighted by molar-refractivity contribution is 6.00. The van der Waals surface area contributed by atoms with E-state index in [1.807, 2.05) is 24.3 Å². The van der Waals surface area contributed by atoms with Crippen LogP contribution >= 0.6 is 0 Å². The second kappa shape index (κ2) is 8.01. The van der Waals surface area contributed by atoms with E-state index >= 15 is 0 Å². The van der Waals surface area contributed by atoms with Crippen molar-refractivity contribution in [1.82, 2.24) is 29.9 Å². The zero-order valence-electron chi connectivity index (χ0n) is 15.9. The molecule has 9 heteroatoms. The number of esters is 1. The molecule has 0 spiro atoms. The van der Waals surface area contributed by atoms with Crippen molar-refractivity contribution in [3.05, 3.63) is 60.3 Å². The molecule has 0 saturated carbocycles. The Hall–Kier alpha value is -3.88. The molecule has 4 aromatic rings. The molecular weight excluding hydrogens is 372 g/mol. The van der Waals surface area contributed by atoms with Crippen LogP contribution in [0.1, 0.15) is 23.0 Å². The first-order valence-corrected chi connectivity index (χ1v) is 9.00. The minimum Gasteiger partial charge on any atom is -0.481 e. The molecule has 0 aliphatic rings. The Bertz CT molecular complexity index is 1150. The zero-order chi connectivity index (χ0) is 20.2. The van der Waals surface area contributed by atoms with Crippen LogP contribution in [0.3, 0.4) is 0 Å². The van der Waals surface area contributed by atoms with Gasteiger partial charge in [-0.1, -0.05) is 23.4 Å². The van der Waals surface area contributed by atoms with Gasteiger partial charge in [-0.25, -0.2) is 24.4 Å². The number of carbonyl (C=O) groups excluding carboxylic acids is 1. The van der Waals surface area contributed by atoms with E-state index in [4.69, 9.17) is 9.47 Å². The normalized spacial score (nSPS) is 10.8. The van der Waals surface area contributed by atoms with Gasteiger partial charge in [-0.2, -0.15) is 0 Å². The van der Waals surface area contributed by atoms with Crippen LogP contribution in [0.25, 0.3) is 22.2 Å². The molecular formula is C20H18N6O3. The second-order valence-corrected chi connectivity index (χ2v) is 6.13. The van der Waals surface area contributed by atoms with E-state index in [2.05, 4.69) is 25.3 Å².